The number of benzene rings is 2. The lowest BCUT2D eigenvalue weighted by atomic mass is 10.1. The number of sulfonamides is 1. The molecule has 0 aliphatic carbocycles. The highest BCUT2D eigenvalue weighted by Gasteiger charge is 2.22. The molecule has 0 aliphatic rings. The third kappa shape index (κ3) is 5.51. The number of hydrogen-bond acceptors (Lipinski definition) is 7. The third-order valence-electron chi connectivity index (χ3n) is 4.79. The first-order valence-corrected chi connectivity index (χ1v) is 11.5. The van der Waals surface area contributed by atoms with Crippen molar-refractivity contribution >= 4 is 27.8 Å². The largest absolute Gasteiger partial charge is 0.455 e. The maximum absolute atomic E-state index is 12.7. The van der Waals surface area contributed by atoms with E-state index in [0.29, 0.717) is 30.2 Å². The van der Waals surface area contributed by atoms with Crippen molar-refractivity contribution in [2.24, 2.45) is 5.10 Å². The van der Waals surface area contributed by atoms with Gasteiger partial charge in [0.15, 0.2) is 0 Å². The van der Waals surface area contributed by atoms with Crippen molar-refractivity contribution in [1.29, 1.82) is 0 Å². The number of amides is 1. The molecule has 0 unspecified atom stereocenters. The van der Waals surface area contributed by atoms with Gasteiger partial charge in [-0.05, 0) is 42.5 Å². The summed E-state index contributed by atoms with van der Waals surface area (Å²) in [5.41, 5.74) is 3.11. The van der Waals surface area contributed by atoms with E-state index < -0.39 is 20.9 Å². The SMILES string of the molecule is CCN(CC)S(=O)(=O)c1cccc(C(=O)N/N=C/c2ccc(-c3ccc([N+](=O)[O-])cc3)o2)c1. The molecular weight excluding hydrogens is 448 g/mol. The molecule has 0 saturated carbocycles. The fourth-order valence-electron chi connectivity index (χ4n) is 3.05. The number of hydrogen-bond donors (Lipinski definition) is 1. The van der Waals surface area contributed by atoms with Crippen molar-refractivity contribution in [2.45, 2.75) is 18.7 Å². The standard InChI is InChI=1S/C22H22N4O6S/c1-3-25(4-2)33(30,31)20-7-5-6-17(14-20)22(27)24-23-15-19-12-13-21(32-19)16-8-10-18(11-9-16)26(28)29/h5-15H,3-4H2,1-2H3,(H,24,27)/b23-15+. The summed E-state index contributed by atoms with van der Waals surface area (Å²) in [6, 6.07) is 14.9. The Morgan fingerprint density at radius 2 is 1.82 bits per heavy atom. The van der Waals surface area contributed by atoms with Crippen molar-refractivity contribution in [3.8, 4) is 11.3 Å². The summed E-state index contributed by atoms with van der Waals surface area (Å²) in [6.07, 6.45) is 1.29. The van der Waals surface area contributed by atoms with Crippen LogP contribution in [-0.2, 0) is 10.0 Å². The molecule has 33 heavy (non-hydrogen) atoms. The second-order valence-electron chi connectivity index (χ2n) is 6.82. The molecule has 0 fully saturated rings. The number of non-ortho nitro benzene ring substituents is 1. The Balaban J connectivity index is 1.68. The minimum absolute atomic E-state index is 0.0243. The van der Waals surface area contributed by atoms with Crippen LogP contribution >= 0.6 is 0 Å². The Hall–Kier alpha value is -3.83. The van der Waals surface area contributed by atoms with E-state index in [0.717, 1.165) is 0 Å². The fraction of sp³-hybridized carbons (Fsp3) is 0.182. The molecule has 3 rings (SSSR count). The minimum atomic E-state index is -3.69. The van der Waals surface area contributed by atoms with E-state index >= 15 is 0 Å². The van der Waals surface area contributed by atoms with Crippen LogP contribution in [0.25, 0.3) is 11.3 Å². The highest BCUT2D eigenvalue weighted by molar-refractivity contribution is 7.89. The maximum Gasteiger partial charge on any atom is 0.271 e. The second-order valence-corrected chi connectivity index (χ2v) is 8.76. The molecule has 1 aromatic heterocycles. The molecular formula is C22H22N4O6S. The van der Waals surface area contributed by atoms with Crippen molar-refractivity contribution in [3.05, 3.63) is 82.1 Å². The molecule has 1 amide bonds. The zero-order valence-electron chi connectivity index (χ0n) is 18.0. The van der Waals surface area contributed by atoms with E-state index in [4.69, 9.17) is 4.42 Å². The average Bonchev–Trinajstić information content (AvgIpc) is 3.28. The highest BCUT2D eigenvalue weighted by Crippen LogP contribution is 2.24. The summed E-state index contributed by atoms with van der Waals surface area (Å²) < 4.78 is 32.2. The lowest BCUT2D eigenvalue weighted by molar-refractivity contribution is -0.384. The summed E-state index contributed by atoms with van der Waals surface area (Å²) in [5.74, 6) is 0.249. The lowest BCUT2D eigenvalue weighted by Crippen LogP contribution is -2.30. The van der Waals surface area contributed by atoms with Crippen molar-refractivity contribution in [1.82, 2.24) is 9.73 Å². The molecule has 11 heteroatoms. The molecule has 0 saturated heterocycles. The molecule has 0 radical (unpaired) electrons. The maximum atomic E-state index is 12.7. The highest BCUT2D eigenvalue weighted by atomic mass is 32.2. The normalized spacial score (nSPS) is 11.7. The molecule has 1 heterocycles. The van der Waals surface area contributed by atoms with Crippen LogP contribution in [0.1, 0.15) is 30.0 Å². The molecule has 0 atom stereocenters. The zero-order valence-corrected chi connectivity index (χ0v) is 18.8. The van der Waals surface area contributed by atoms with Gasteiger partial charge in [0.1, 0.15) is 11.5 Å². The van der Waals surface area contributed by atoms with Crippen LogP contribution in [0.5, 0.6) is 0 Å². The van der Waals surface area contributed by atoms with Crippen LogP contribution in [0, 0.1) is 10.1 Å². The van der Waals surface area contributed by atoms with Gasteiger partial charge in [-0.3, -0.25) is 14.9 Å². The Kier molecular flexibility index (Phi) is 7.36. The molecule has 172 valence electrons. The molecule has 0 aliphatic heterocycles. The number of carbonyl (C=O) groups excluding carboxylic acids is 1. The van der Waals surface area contributed by atoms with E-state index in [-0.39, 0.29) is 16.1 Å². The summed E-state index contributed by atoms with van der Waals surface area (Å²) in [6.45, 7) is 4.14. The predicted molar refractivity (Wildman–Crippen MR) is 122 cm³/mol. The summed E-state index contributed by atoms with van der Waals surface area (Å²) in [5, 5.41) is 14.6. The van der Waals surface area contributed by atoms with E-state index in [1.54, 1.807) is 38.1 Å². The van der Waals surface area contributed by atoms with Gasteiger partial charge in [-0.25, -0.2) is 13.8 Å². The average molecular weight is 471 g/mol. The van der Waals surface area contributed by atoms with E-state index in [1.807, 2.05) is 0 Å². The molecule has 2 aromatic carbocycles. The number of nitrogens with one attached hydrogen (secondary N) is 1. The summed E-state index contributed by atoms with van der Waals surface area (Å²) >= 11 is 0. The molecule has 10 nitrogen and oxygen atoms in total. The van der Waals surface area contributed by atoms with Crippen LogP contribution in [0.4, 0.5) is 5.69 Å². The van der Waals surface area contributed by atoms with Gasteiger partial charge in [0.05, 0.1) is 16.0 Å². The Morgan fingerprint density at radius 1 is 1.12 bits per heavy atom. The summed E-state index contributed by atoms with van der Waals surface area (Å²) in [7, 11) is -3.69. The van der Waals surface area contributed by atoms with Gasteiger partial charge >= 0.3 is 0 Å². The number of nitro groups is 1. The van der Waals surface area contributed by atoms with Gasteiger partial charge in [0.2, 0.25) is 10.0 Å². The first kappa shape index (κ1) is 23.8. The Labute approximate surface area is 190 Å². The molecule has 3 aromatic rings. The van der Waals surface area contributed by atoms with Crippen LogP contribution in [0.2, 0.25) is 0 Å². The topological polar surface area (TPSA) is 135 Å². The zero-order chi connectivity index (χ0) is 24.0. The van der Waals surface area contributed by atoms with Crippen molar-refractivity contribution < 1.29 is 22.6 Å². The van der Waals surface area contributed by atoms with Gasteiger partial charge in [-0.1, -0.05) is 19.9 Å². The lowest BCUT2D eigenvalue weighted by Gasteiger charge is -2.18. The van der Waals surface area contributed by atoms with Crippen molar-refractivity contribution in [3.63, 3.8) is 0 Å². The Morgan fingerprint density at radius 3 is 2.45 bits per heavy atom. The molecule has 1 N–H and O–H groups in total. The Bertz CT molecular complexity index is 1280. The van der Waals surface area contributed by atoms with Crippen LogP contribution in [0.15, 0.2) is 75.1 Å². The molecule has 0 spiro atoms. The number of rotatable bonds is 9. The smallest absolute Gasteiger partial charge is 0.271 e. The number of furan rings is 1. The third-order valence-corrected chi connectivity index (χ3v) is 6.83. The van der Waals surface area contributed by atoms with Gasteiger partial charge in [0.25, 0.3) is 11.6 Å². The molecule has 0 bridgehead atoms. The van der Waals surface area contributed by atoms with Crippen LogP contribution < -0.4 is 5.43 Å². The summed E-state index contributed by atoms with van der Waals surface area (Å²) in [4.78, 5) is 22.7. The first-order valence-electron chi connectivity index (χ1n) is 10.0. The monoisotopic (exact) mass is 470 g/mol. The van der Waals surface area contributed by atoms with Crippen molar-refractivity contribution in [2.75, 3.05) is 13.1 Å². The number of hydrazone groups is 1. The number of nitro benzene ring substituents is 1. The van der Waals surface area contributed by atoms with E-state index in [9.17, 15) is 23.3 Å². The quantitative estimate of drug-likeness (QED) is 0.288. The van der Waals surface area contributed by atoms with Gasteiger partial charge < -0.3 is 4.42 Å². The minimum Gasteiger partial charge on any atom is -0.455 e. The van der Waals surface area contributed by atoms with Crippen LogP contribution in [-0.4, -0.2) is 42.9 Å². The van der Waals surface area contributed by atoms with Gasteiger partial charge in [-0.2, -0.15) is 9.41 Å². The second kappa shape index (κ2) is 10.2. The van der Waals surface area contributed by atoms with Gasteiger partial charge in [-0.15, -0.1) is 0 Å². The number of carbonyl (C=O) groups is 1. The van der Waals surface area contributed by atoms with Gasteiger partial charge in [0, 0.05) is 36.3 Å². The van der Waals surface area contributed by atoms with E-state index in [2.05, 4.69) is 10.5 Å². The van der Waals surface area contributed by atoms with Crippen LogP contribution in [0.3, 0.4) is 0 Å². The predicted octanol–water partition coefficient (Wildman–Crippen LogP) is 3.65. The first-order chi connectivity index (χ1) is 15.8. The number of nitrogens with zero attached hydrogens (tertiary/aromatic N) is 3. The van der Waals surface area contributed by atoms with E-state index in [1.165, 1.54) is 46.9 Å². The fourth-order valence-corrected chi connectivity index (χ4v) is 4.56.